The molecule has 3 nitrogen and oxygen atoms in total. The molecule has 0 aliphatic heterocycles. The van der Waals surface area contributed by atoms with Crippen molar-refractivity contribution in [3.05, 3.63) is 59.2 Å². The van der Waals surface area contributed by atoms with Crippen molar-refractivity contribution in [2.75, 3.05) is 0 Å². The van der Waals surface area contributed by atoms with Gasteiger partial charge in [0.05, 0.1) is 5.66 Å². The Kier molecular flexibility index (Phi) is 8.35. The average Bonchev–Trinajstić information content (AvgIpc) is 2.92. The molecule has 0 atom stereocenters. The van der Waals surface area contributed by atoms with Gasteiger partial charge in [-0.15, -0.1) is 0 Å². The third-order valence-electron chi connectivity index (χ3n) is 8.54. The SMILES string of the molecule is O=P(Oc1ccc(C2CCCCC2)cc1F)(Oc1ccc(C2CCCCC2)cc1F)C1CCCCC1. The van der Waals surface area contributed by atoms with E-state index in [0.29, 0.717) is 24.7 Å². The Morgan fingerprint density at radius 2 is 0.972 bits per heavy atom. The molecule has 3 aliphatic carbocycles. The summed E-state index contributed by atoms with van der Waals surface area (Å²) in [5.74, 6) is -0.456. The normalized spacial score (nSPS) is 20.8. The molecule has 0 bridgehead atoms. The highest BCUT2D eigenvalue weighted by atomic mass is 31.2. The zero-order valence-corrected chi connectivity index (χ0v) is 22.1. The third kappa shape index (κ3) is 5.98. The minimum absolute atomic E-state index is 0.0669. The summed E-state index contributed by atoms with van der Waals surface area (Å²) in [7, 11) is -3.87. The molecule has 5 rings (SSSR count). The van der Waals surface area contributed by atoms with E-state index in [1.54, 1.807) is 12.1 Å². The Hall–Kier alpha value is -1.87. The Balaban J connectivity index is 1.38. The Labute approximate surface area is 214 Å². The van der Waals surface area contributed by atoms with Crippen LogP contribution in [-0.2, 0) is 4.57 Å². The second-order valence-electron chi connectivity index (χ2n) is 11.1. The molecule has 3 fully saturated rings. The fraction of sp³-hybridized carbons (Fsp3) is 0.600. The molecule has 0 saturated heterocycles. The van der Waals surface area contributed by atoms with E-state index < -0.39 is 19.2 Å². The van der Waals surface area contributed by atoms with Gasteiger partial charge in [0.25, 0.3) is 0 Å². The second kappa shape index (κ2) is 11.7. The number of hydrogen-bond donors (Lipinski definition) is 0. The van der Waals surface area contributed by atoms with Crippen molar-refractivity contribution in [3.63, 3.8) is 0 Å². The van der Waals surface area contributed by atoms with Gasteiger partial charge in [-0.3, -0.25) is 0 Å². The summed E-state index contributed by atoms with van der Waals surface area (Å²) in [6.45, 7) is 0. The Bertz CT molecular complexity index is 996. The van der Waals surface area contributed by atoms with Crippen molar-refractivity contribution in [3.8, 4) is 11.5 Å². The molecule has 0 radical (unpaired) electrons. The molecule has 196 valence electrons. The van der Waals surface area contributed by atoms with Crippen LogP contribution in [0, 0.1) is 11.6 Å². The van der Waals surface area contributed by atoms with E-state index >= 15 is 8.78 Å². The molecule has 3 saturated carbocycles. The van der Waals surface area contributed by atoms with Crippen molar-refractivity contribution in [1.82, 2.24) is 0 Å². The van der Waals surface area contributed by atoms with Gasteiger partial charge >= 0.3 is 7.60 Å². The molecule has 0 amide bonds. The van der Waals surface area contributed by atoms with Gasteiger partial charge in [-0.2, -0.15) is 0 Å². The lowest BCUT2D eigenvalue weighted by molar-refractivity contribution is 0.335. The number of rotatable bonds is 7. The van der Waals surface area contributed by atoms with Gasteiger partial charge in [-0.05, 0) is 85.8 Å². The summed E-state index contributed by atoms with van der Waals surface area (Å²) >= 11 is 0. The van der Waals surface area contributed by atoms with Gasteiger partial charge in [-0.1, -0.05) is 69.9 Å². The molecular weight excluding hydrogens is 477 g/mol. The van der Waals surface area contributed by atoms with Crippen molar-refractivity contribution in [2.45, 2.75) is 114 Å². The maximum Gasteiger partial charge on any atom is 0.433 e. The molecule has 36 heavy (non-hydrogen) atoms. The first-order chi connectivity index (χ1) is 17.5. The van der Waals surface area contributed by atoms with E-state index in [2.05, 4.69) is 0 Å². The summed E-state index contributed by atoms with van der Waals surface area (Å²) in [4.78, 5) is 0. The molecule has 0 aromatic heterocycles. The molecule has 0 unspecified atom stereocenters. The van der Waals surface area contributed by atoms with Crippen LogP contribution in [0.5, 0.6) is 11.5 Å². The monoisotopic (exact) mass is 516 g/mol. The summed E-state index contributed by atoms with van der Waals surface area (Å²) < 4.78 is 56.4. The maximum atomic E-state index is 15.2. The van der Waals surface area contributed by atoms with Crippen molar-refractivity contribution in [2.24, 2.45) is 0 Å². The smallest absolute Gasteiger partial charge is 0.413 e. The van der Waals surface area contributed by atoms with Gasteiger partial charge < -0.3 is 9.05 Å². The van der Waals surface area contributed by atoms with Gasteiger partial charge in [0.15, 0.2) is 23.1 Å². The lowest BCUT2D eigenvalue weighted by Gasteiger charge is -2.30. The third-order valence-corrected chi connectivity index (χ3v) is 10.9. The number of benzene rings is 2. The highest BCUT2D eigenvalue weighted by molar-refractivity contribution is 7.55. The predicted octanol–water partition coefficient (Wildman–Crippen LogP) is 10.0. The first-order valence-electron chi connectivity index (χ1n) is 14.1. The zero-order chi connectivity index (χ0) is 25.0. The first-order valence-corrected chi connectivity index (χ1v) is 15.7. The van der Waals surface area contributed by atoms with Crippen LogP contribution < -0.4 is 9.05 Å². The summed E-state index contributed by atoms with van der Waals surface area (Å²) in [6.07, 6.45) is 15.6. The largest absolute Gasteiger partial charge is 0.433 e. The van der Waals surface area contributed by atoms with Crippen molar-refractivity contribution in [1.29, 1.82) is 0 Å². The van der Waals surface area contributed by atoms with Crippen LogP contribution in [-0.4, -0.2) is 5.66 Å². The standard InChI is InChI=1S/C30H39F2O3P/c31-27-20-24(22-10-4-1-5-11-22)16-18-29(27)34-36(33,26-14-8-3-9-15-26)35-30-19-17-25(21-28(30)32)23-12-6-2-7-13-23/h16-23,26H,1-15H2. The molecule has 6 heteroatoms. The second-order valence-corrected chi connectivity index (χ2v) is 13.2. The fourth-order valence-electron chi connectivity index (χ4n) is 6.40. The van der Waals surface area contributed by atoms with Gasteiger partial charge in [0.2, 0.25) is 0 Å². The lowest BCUT2D eigenvalue weighted by atomic mass is 9.84. The maximum absolute atomic E-state index is 15.2. The van der Waals surface area contributed by atoms with E-state index in [9.17, 15) is 4.57 Å². The van der Waals surface area contributed by atoms with Crippen molar-refractivity contribution < 1.29 is 22.4 Å². The molecule has 0 N–H and O–H groups in total. The van der Waals surface area contributed by atoms with Crippen LogP contribution in [0.25, 0.3) is 0 Å². The van der Waals surface area contributed by atoms with Crippen molar-refractivity contribution >= 4 is 7.60 Å². The van der Waals surface area contributed by atoms with Crippen LogP contribution >= 0.6 is 7.60 Å². The molecular formula is C30H39F2O3P. The zero-order valence-electron chi connectivity index (χ0n) is 21.2. The average molecular weight is 517 g/mol. The fourth-order valence-corrected chi connectivity index (χ4v) is 8.58. The molecule has 0 spiro atoms. The van der Waals surface area contributed by atoms with Crippen LogP contribution in [0.15, 0.2) is 36.4 Å². The van der Waals surface area contributed by atoms with Crippen LogP contribution in [0.1, 0.15) is 119 Å². The highest BCUT2D eigenvalue weighted by Crippen LogP contribution is 2.58. The molecule has 2 aromatic rings. The minimum atomic E-state index is -3.87. The Morgan fingerprint density at radius 3 is 1.36 bits per heavy atom. The summed E-state index contributed by atoms with van der Waals surface area (Å²) in [5.41, 5.74) is 1.57. The molecule has 2 aromatic carbocycles. The number of halogens is 2. The van der Waals surface area contributed by atoms with E-state index in [1.807, 2.05) is 12.1 Å². The Morgan fingerprint density at radius 1 is 0.583 bits per heavy atom. The summed E-state index contributed by atoms with van der Waals surface area (Å²) in [6, 6.07) is 9.99. The number of hydrogen-bond acceptors (Lipinski definition) is 3. The van der Waals surface area contributed by atoms with Crippen LogP contribution in [0.3, 0.4) is 0 Å². The minimum Gasteiger partial charge on any atom is -0.413 e. The topological polar surface area (TPSA) is 35.5 Å². The van der Waals surface area contributed by atoms with E-state index in [1.165, 1.54) is 50.7 Å². The van der Waals surface area contributed by atoms with Gasteiger partial charge in [0.1, 0.15) is 0 Å². The van der Waals surface area contributed by atoms with Gasteiger partial charge in [-0.25, -0.2) is 13.3 Å². The molecule has 0 heterocycles. The quantitative estimate of drug-likeness (QED) is 0.344. The highest BCUT2D eigenvalue weighted by Gasteiger charge is 2.41. The van der Waals surface area contributed by atoms with Gasteiger partial charge in [0, 0.05) is 0 Å². The van der Waals surface area contributed by atoms with E-state index in [4.69, 9.17) is 9.05 Å². The van der Waals surface area contributed by atoms with E-state index in [0.717, 1.165) is 56.1 Å². The summed E-state index contributed by atoms with van der Waals surface area (Å²) in [5, 5.41) is 0. The van der Waals surface area contributed by atoms with Crippen LogP contribution in [0.4, 0.5) is 8.78 Å². The van der Waals surface area contributed by atoms with E-state index in [-0.39, 0.29) is 17.2 Å². The molecule has 3 aliphatic rings. The predicted molar refractivity (Wildman–Crippen MR) is 140 cm³/mol. The van der Waals surface area contributed by atoms with Crippen LogP contribution in [0.2, 0.25) is 0 Å². The first kappa shape index (κ1) is 25.8. The lowest BCUT2D eigenvalue weighted by Crippen LogP contribution is -2.20.